The van der Waals surface area contributed by atoms with Crippen LogP contribution in [-0.4, -0.2) is 49.4 Å². The van der Waals surface area contributed by atoms with Crippen LogP contribution >= 0.6 is 0 Å². The molecule has 1 aromatic rings. The smallest absolute Gasteiger partial charge is 0.339 e. The number of esters is 1. The van der Waals surface area contributed by atoms with Gasteiger partial charge in [0.1, 0.15) is 6.54 Å². The number of nitrogens with zero attached hydrogens (tertiary/aromatic N) is 2. The van der Waals surface area contributed by atoms with E-state index in [1.54, 1.807) is 29.2 Å². The summed E-state index contributed by atoms with van der Waals surface area (Å²) in [5, 5.41) is 0. The van der Waals surface area contributed by atoms with Gasteiger partial charge in [0.05, 0.1) is 18.4 Å². The monoisotopic (exact) mass is 318 g/mol. The molecule has 124 valence electrons. The van der Waals surface area contributed by atoms with Gasteiger partial charge in [-0.15, -0.1) is 0 Å². The van der Waals surface area contributed by atoms with Crippen molar-refractivity contribution >= 4 is 23.5 Å². The van der Waals surface area contributed by atoms with Crippen LogP contribution in [0.15, 0.2) is 24.3 Å². The SMILES string of the molecule is COC(=O)c1ccccc1N(CC(=O)N1CCCCC1)C(C)=O. The highest BCUT2D eigenvalue weighted by molar-refractivity contribution is 6.04. The molecule has 2 rings (SSSR count). The Bertz CT molecular complexity index is 594. The molecule has 0 unspecified atom stereocenters. The molecule has 1 heterocycles. The third kappa shape index (κ3) is 4.09. The van der Waals surface area contributed by atoms with Crippen LogP contribution in [0.4, 0.5) is 5.69 Å². The summed E-state index contributed by atoms with van der Waals surface area (Å²) in [5.74, 6) is -0.913. The van der Waals surface area contributed by atoms with E-state index in [2.05, 4.69) is 0 Å². The molecule has 6 heteroatoms. The van der Waals surface area contributed by atoms with Gasteiger partial charge in [0.2, 0.25) is 11.8 Å². The van der Waals surface area contributed by atoms with E-state index in [-0.39, 0.29) is 23.9 Å². The van der Waals surface area contributed by atoms with Gasteiger partial charge in [0, 0.05) is 20.0 Å². The average Bonchev–Trinajstić information content (AvgIpc) is 2.59. The summed E-state index contributed by atoms with van der Waals surface area (Å²) in [6.45, 7) is 2.77. The summed E-state index contributed by atoms with van der Waals surface area (Å²) in [6.07, 6.45) is 3.11. The third-order valence-electron chi connectivity index (χ3n) is 3.98. The van der Waals surface area contributed by atoms with Crippen LogP contribution in [-0.2, 0) is 14.3 Å². The molecule has 0 saturated carbocycles. The fraction of sp³-hybridized carbons (Fsp3) is 0.471. The number of benzene rings is 1. The van der Waals surface area contributed by atoms with E-state index in [9.17, 15) is 14.4 Å². The summed E-state index contributed by atoms with van der Waals surface area (Å²) in [7, 11) is 1.29. The first kappa shape index (κ1) is 17.0. The number of amides is 2. The summed E-state index contributed by atoms with van der Waals surface area (Å²) in [4.78, 5) is 39.5. The van der Waals surface area contributed by atoms with E-state index in [1.165, 1.54) is 18.9 Å². The Labute approximate surface area is 136 Å². The zero-order valence-electron chi connectivity index (χ0n) is 13.6. The van der Waals surface area contributed by atoms with E-state index in [4.69, 9.17) is 4.74 Å². The minimum Gasteiger partial charge on any atom is -0.465 e. The molecule has 2 amide bonds. The van der Waals surface area contributed by atoms with Crippen molar-refractivity contribution in [3.05, 3.63) is 29.8 Å². The van der Waals surface area contributed by atoms with Crippen molar-refractivity contribution < 1.29 is 19.1 Å². The molecule has 0 spiro atoms. The van der Waals surface area contributed by atoms with Gasteiger partial charge >= 0.3 is 5.97 Å². The fourth-order valence-electron chi connectivity index (χ4n) is 2.74. The molecule has 0 bridgehead atoms. The molecule has 0 aromatic heterocycles. The Balaban J connectivity index is 2.23. The quantitative estimate of drug-likeness (QED) is 0.795. The number of hydrogen-bond donors (Lipinski definition) is 0. The predicted molar refractivity (Wildman–Crippen MR) is 86.2 cm³/mol. The highest BCUT2D eigenvalue weighted by Crippen LogP contribution is 2.22. The van der Waals surface area contributed by atoms with Gasteiger partial charge in [-0.25, -0.2) is 4.79 Å². The average molecular weight is 318 g/mol. The van der Waals surface area contributed by atoms with Crippen LogP contribution in [0.5, 0.6) is 0 Å². The lowest BCUT2D eigenvalue weighted by Gasteiger charge is -2.30. The third-order valence-corrected chi connectivity index (χ3v) is 3.98. The van der Waals surface area contributed by atoms with Crippen molar-refractivity contribution in [1.82, 2.24) is 4.90 Å². The predicted octanol–water partition coefficient (Wildman–Crippen LogP) is 1.84. The molecule has 1 aromatic carbocycles. The second-order valence-electron chi connectivity index (χ2n) is 5.56. The number of piperidine rings is 1. The van der Waals surface area contributed by atoms with Crippen LogP contribution in [0, 0.1) is 0 Å². The molecule has 0 atom stereocenters. The lowest BCUT2D eigenvalue weighted by molar-refractivity contribution is -0.132. The lowest BCUT2D eigenvalue weighted by atomic mass is 10.1. The van der Waals surface area contributed by atoms with Crippen molar-refractivity contribution in [2.24, 2.45) is 0 Å². The van der Waals surface area contributed by atoms with Crippen LogP contribution < -0.4 is 4.90 Å². The number of carbonyl (C=O) groups is 3. The van der Waals surface area contributed by atoms with Gasteiger partial charge in [0.15, 0.2) is 0 Å². The number of ether oxygens (including phenoxy) is 1. The van der Waals surface area contributed by atoms with Gasteiger partial charge < -0.3 is 14.5 Å². The molecular formula is C17H22N2O4. The Morgan fingerprint density at radius 1 is 1.13 bits per heavy atom. The first-order valence-electron chi connectivity index (χ1n) is 7.78. The van der Waals surface area contributed by atoms with Crippen LogP contribution in [0.1, 0.15) is 36.5 Å². The number of methoxy groups -OCH3 is 1. The highest BCUT2D eigenvalue weighted by Gasteiger charge is 2.25. The fourth-order valence-corrected chi connectivity index (χ4v) is 2.74. The molecule has 23 heavy (non-hydrogen) atoms. The van der Waals surface area contributed by atoms with Gasteiger partial charge in [-0.1, -0.05) is 12.1 Å². The van der Waals surface area contributed by atoms with Crippen LogP contribution in [0.25, 0.3) is 0 Å². The minimum absolute atomic E-state index is 0.0661. The molecular weight excluding hydrogens is 296 g/mol. The molecule has 1 aliphatic rings. The lowest BCUT2D eigenvalue weighted by Crippen LogP contribution is -2.44. The zero-order chi connectivity index (χ0) is 16.8. The molecule has 1 fully saturated rings. The Kier molecular flexibility index (Phi) is 5.73. The van der Waals surface area contributed by atoms with Crippen molar-refractivity contribution in [3.8, 4) is 0 Å². The molecule has 1 aliphatic heterocycles. The van der Waals surface area contributed by atoms with Crippen molar-refractivity contribution in [3.63, 3.8) is 0 Å². The molecule has 6 nitrogen and oxygen atoms in total. The standard InChI is InChI=1S/C17H22N2O4/c1-13(20)19(12-16(21)18-10-6-3-7-11-18)15-9-5-4-8-14(15)17(22)23-2/h4-5,8-9H,3,6-7,10-12H2,1-2H3. The second kappa shape index (κ2) is 7.76. The van der Waals surface area contributed by atoms with Crippen molar-refractivity contribution in [2.45, 2.75) is 26.2 Å². The van der Waals surface area contributed by atoms with E-state index in [1.807, 2.05) is 0 Å². The van der Waals surface area contributed by atoms with Gasteiger partial charge in [-0.2, -0.15) is 0 Å². The number of anilines is 1. The largest absolute Gasteiger partial charge is 0.465 e. The number of likely N-dealkylation sites (tertiary alicyclic amines) is 1. The van der Waals surface area contributed by atoms with Gasteiger partial charge in [-0.3, -0.25) is 9.59 Å². The second-order valence-corrected chi connectivity index (χ2v) is 5.56. The Morgan fingerprint density at radius 3 is 2.39 bits per heavy atom. The number of para-hydroxylation sites is 1. The zero-order valence-corrected chi connectivity index (χ0v) is 13.6. The summed E-state index contributed by atoms with van der Waals surface area (Å²) in [6, 6.07) is 6.66. The van der Waals surface area contributed by atoms with Crippen LogP contribution in [0.2, 0.25) is 0 Å². The normalized spacial score (nSPS) is 14.3. The number of rotatable bonds is 4. The molecule has 0 aliphatic carbocycles. The van der Waals surface area contributed by atoms with E-state index < -0.39 is 5.97 Å². The first-order chi connectivity index (χ1) is 11.0. The topological polar surface area (TPSA) is 66.9 Å². The Morgan fingerprint density at radius 2 is 1.78 bits per heavy atom. The van der Waals surface area contributed by atoms with Gasteiger partial charge in [0.25, 0.3) is 0 Å². The maximum atomic E-state index is 12.5. The minimum atomic E-state index is -0.530. The Hall–Kier alpha value is -2.37. The van der Waals surface area contributed by atoms with Crippen molar-refractivity contribution in [1.29, 1.82) is 0 Å². The van der Waals surface area contributed by atoms with Crippen LogP contribution in [0.3, 0.4) is 0 Å². The van der Waals surface area contributed by atoms with Gasteiger partial charge in [-0.05, 0) is 31.4 Å². The summed E-state index contributed by atoms with van der Waals surface area (Å²) in [5.41, 5.74) is 0.675. The number of hydrogen-bond acceptors (Lipinski definition) is 4. The highest BCUT2D eigenvalue weighted by atomic mass is 16.5. The van der Waals surface area contributed by atoms with E-state index >= 15 is 0 Å². The summed E-state index contributed by atoms with van der Waals surface area (Å²) < 4.78 is 4.76. The maximum Gasteiger partial charge on any atom is 0.339 e. The van der Waals surface area contributed by atoms with Crippen molar-refractivity contribution in [2.75, 3.05) is 31.6 Å². The summed E-state index contributed by atoms with van der Waals surface area (Å²) >= 11 is 0. The molecule has 0 N–H and O–H groups in total. The molecule has 0 radical (unpaired) electrons. The first-order valence-corrected chi connectivity index (χ1v) is 7.78. The molecule has 1 saturated heterocycles. The van der Waals surface area contributed by atoms with E-state index in [0.29, 0.717) is 5.69 Å². The number of carbonyl (C=O) groups excluding carboxylic acids is 3. The van der Waals surface area contributed by atoms with E-state index in [0.717, 1.165) is 32.4 Å². The maximum absolute atomic E-state index is 12.5.